The summed E-state index contributed by atoms with van der Waals surface area (Å²) in [6, 6.07) is 0.553. The van der Waals surface area contributed by atoms with Crippen molar-refractivity contribution in [2.45, 2.75) is 70.6 Å². The maximum atomic E-state index is 9.75. The number of nitrogens with zero attached hydrogens (tertiary/aromatic N) is 5. The Kier molecular flexibility index (Phi) is 6.07. The first-order valence-corrected chi connectivity index (χ1v) is 9.37. The molecule has 0 aromatic carbocycles. The lowest BCUT2D eigenvalue weighted by Crippen LogP contribution is -2.49. The van der Waals surface area contributed by atoms with Gasteiger partial charge in [0.1, 0.15) is 12.2 Å². The number of aliphatic hydroxyl groups is 1. The minimum Gasteiger partial charge on any atom is -0.393 e. The summed E-state index contributed by atoms with van der Waals surface area (Å²) in [7, 11) is 0. The van der Waals surface area contributed by atoms with Crippen LogP contribution in [0.25, 0.3) is 0 Å². The minimum absolute atomic E-state index is 0.155. The molecule has 2 N–H and O–H groups in total. The van der Waals surface area contributed by atoms with E-state index >= 15 is 0 Å². The number of piperidine rings is 1. The lowest BCUT2D eigenvalue weighted by molar-refractivity contribution is 0.107. The monoisotopic (exact) mass is 334 g/mol. The van der Waals surface area contributed by atoms with Gasteiger partial charge in [0, 0.05) is 32.1 Å². The fraction of sp³-hybridized carbons (Fsp3) is 0.824. The summed E-state index contributed by atoms with van der Waals surface area (Å²) in [6.45, 7) is 5.39. The molecule has 1 saturated heterocycles. The van der Waals surface area contributed by atoms with Gasteiger partial charge in [-0.25, -0.2) is 0 Å². The Hall–Kier alpha value is -1.63. The van der Waals surface area contributed by atoms with Crippen molar-refractivity contribution in [3.63, 3.8) is 0 Å². The molecule has 2 fully saturated rings. The molecule has 1 aliphatic heterocycles. The van der Waals surface area contributed by atoms with E-state index in [0.29, 0.717) is 6.04 Å². The molecule has 1 saturated carbocycles. The van der Waals surface area contributed by atoms with Crippen LogP contribution in [0, 0.1) is 0 Å². The predicted molar refractivity (Wildman–Crippen MR) is 93.9 cm³/mol. The highest BCUT2D eigenvalue weighted by molar-refractivity contribution is 5.80. The van der Waals surface area contributed by atoms with E-state index in [9.17, 15) is 5.11 Å². The Labute approximate surface area is 144 Å². The number of nitrogens with one attached hydrogen (secondary N) is 1. The normalized spacial score (nSPS) is 20.8. The molecule has 7 nitrogen and oxygen atoms in total. The van der Waals surface area contributed by atoms with E-state index in [1.54, 1.807) is 6.33 Å². The number of hydrogen-bond donors (Lipinski definition) is 2. The molecule has 0 amide bonds. The average Bonchev–Trinajstić information content (AvgIpc) is 3.26. The molecule has 0 bridgehead atoms. The zero-order chi connectivity index (χ0) is 16.8. The lowest BCUT2D eigenvalue weighted by atomic mass is 10.1. The fourth-order valence-corrected chi connectivity index (χ4v) is 3.57. The molecule has 1 aromatic heterocycles. The number of aryl methyl sites for hydroxylation is 1. The van der Waals surface area contributed by atoms with Gasteiger partial charge in [-0.3, -0.25) is 4.99 Å². The number of aliphatic imine (C=N–C) groups is 1. The molecular formula is C17H30N6O. The van der Waals surface area contributed by atoms with Gasteiger partial charge in [0.05, 0.1) is 12.6 Å². The van der Waals surface area contributed by atoms with Crippen molar-refractivity contribution >= 4 is 5.96 Å². The first-order chi connectivity index (χ1) is 11.8. The van der Waals surface area contributed by atoms with Crippen molar-refractivity contribution in [2.75, 3.05) is 19.6 Å². The number of hydrogen-bond acceptors (Lipinski definition) is 4. The van der Waals surface area contributed by atoms with Gasteiger partial charge in [-0.2, -0.15) is 0 Å². The van der Waals surface area contributed by atoms with E-state index in [2.05, 4.69) is 31.9 Å². The SMILES string of the molecule is CCc1nncn1CCN=C(NC1CCCC1)N1CCC(O)CC1. The molecule has 0 unspecified atom stereocenters. The van der Waals surface area contributed by atoms with Gasteiger partial charge in [-0.15, -0.1) is 10.2 Å². The summed E-state index contributed by atoms with van der Waals surface area (Å²) in [5.41, 5.74) is 0. The van der Waals surface area contributed by atoms with E-state index in [4.69, 9.17) is 4.99 Å². The number of guanidine groups is 1. The molecule has 2 aliphatic rings. The Morgan fingerprint density at radius 1 is 1.29 bits per heavy atom. The first kappa shape index (κ1) is 17.2. The summed E-state index contributed by atoms with van der Waals surface area (Å²) in [4.78, 5) is 7.16. The molecule has 24 heavy (non-hydrogen) atoms. The highest BCUT2D eigenvalue weighted by Gasteiger charge is 2.23. The zero-order valence-corrected chi connectivity index (χ0v) is 14.7. The van der Waals surface area contributed by atoms with Crippen molar-refractivity contribution in [3.8, 4) is 0 Å². The van der Waals surface area contributed by atoms with Gasteiger partial charge >= 0.3 is 0 Å². The molecule has 0 radical (unpaired) electrons. The first-order valence-electron chi connectivity index (χ1n) is 9.37. The average molecular weight is 334 g/mol. The predicted octanol–water partition coefficient (Wildman–Crippen LogP) is 1.19. The number of rotatable bonds is 5. The fourth-order valence-electron chi connectivity index (χ4n) is 3.57. The topological polar surface area (TPSA) is 78.6 Å². The molecular weight excluding hydrogens is 304 g/mol. The quantitative estimate of drug-likeness (QED) is 0.625. The van der Waals surface area contributed by atoms with E-state index in [-0.39, 0.29) is 6.10 Å². The van der Waals surface area contributed by atoms with Gasteiger partial charge < -0.3 is 19.9 Å². The number of aliphatic hydroxyl groups excluding tert-OH is 1. The minimum atomic E-state index is -0.155. The van der Waals surface area contributed by atoms with E-state index in [1.165, 1.54) is 25.7 Å². The van der Waals surface area contributed by atoms with E-state index in [1.807, 2.05) is 0 Å². The largest absolute Gasteiger partial charge is 0.393 e. The van der Waals surface area contributed by atoms with Crippen LogP contribution < -0.4 is 5.32 Å². The smallest absolute Gasteiger partial charge is 0.194 e. The molecule has 7 heteroatoms. The molecule has 1 aromatic rings. The second-order valence-corrected chi connectivity index (χ2v) is 6.84. The summed E-state index contributed by atoms with van der Waals surface area (Å²) < 4.78 is 2.08. The van der Waals surface area contributed by atoms with Crippen LogP contribution in [0.4, 0.5) is 0 Å². The van der Waals surface area contributed by atoms with Gasteiger partial charge in [0.25, 0.3) is 0 Å². The Morgan fingerprint density at radius 3 is 2.75 bits per heavy atom. The maximum absolute atomic E-state index is 9.75. The zero-order valence-electron chi connectivity index (χ0n) is 14.7. The molecule has 1 aliphatic carbocycles. The van der Waals surface area contributed by atoms with Gasteiger partial charge in [-0.05, 0) is 25.7 Å². The van der Waals surface area contributed by atoms with Crippen LogP contribution in [-0.2, 0) is 13.0 Å². The lowest BCUT2D eigenvalue weighted by Gasteiger charge is -2.33. The van der Waals surface area contributed by atoms with Crippen LogP contribution in [0.5, 0.6) is 0 Å². The third kappa shape index (κ3) is 4.47. The highest BCUT2D eigenvalue weighted by Crippen LogP contribution is 2.18. The summed E-state index contributed by atoms with van der Waals surface area (Å²) in [5.74, 6) is 2.02. The Balaban J connectivity index is 1.61. The van der Waals surface area contributed by atoms with Crippen molar-refractivity contribution in [1.82, 2.24) is 25.0 Å². The third-order valence-electron chi connectivity index (χ3n) is 5.07. The van der Waals surface area contributed by atoms with Crippen LogP contribution in [0.3, 0.4) is 0 Å². The van der Waals surface area contributed by atoms with Crippen molar-refractivity contribution in [3.05, 3.63) is 12.2 Å². The summed E-state index contributed by atoms with van der Waals surface area (Å²) in [5, 5.41) is 21.5. The van der Waals surface area contributed by atoms with Crippen LogP contribution >= 0.6 is 0 Å². The van der Waals surface area contributed by atoms with Crippen molar-refractivity contribution in [2.24, 2.45) is 4.99 Å². The highest BCUT2D eigenvalue weighted by atomic mass is 16.3. The Morgan fingerprint density at radius 2 is 2.04 bits per heavy atom. The van der Waals surface area contributed by atoms with Crippen molar-refractivity contribution in [1.29, 1.82) is 0 Å². The second-order valence-electron chi connectivity index (χ2n) is 6.84. The van der Waals surface area contributed by atoms with Crippen LogP contribution in [0.1, 0.15) is 51.3 Å². The summed E-state index contributed by atoms with van der Waals surface area (Å²) >= 11 is 0. The van der Waals surface area contributed by atoms with Gasteiger partial charge in [-0.1, -0.05) is 19.8 Å². The number of aromatic nitrogens is 3. The second kappa shape index (κ2) is 8.46. The summed E-state index contributed by atoms with van der Waals surface area (Å²) in [6.07, 6.45) is 9.28. The van der Waals surface area contributed by atoms with Gasteiger partial charge in [0.15, 0.2) is 5.96 Å². The van der Waals surface area contributed by atoms with Crippen molar-refractivity contribution < 1.29 is 5.11 Å². The maximum Gasteiger partial charge on any atom is 0.194 e. The van der Waals surface area contributed by atoms with E-state index in [0.717, 1.165) is 57.2 Å². The molecule has 3 rings (SSSR count). The van der Waals surface area contributed by atoms with Gasteiger partial charge in [0.2, 0.25) is 0 Å². The molecule has 0 spiro atoms. The molecule has 0 atom stereocenters. The third-order valence-corrected chi connectivity index (χ3v) is 5.07. The van der Waals surface area contributed by atoms with Crippen LogP contribution in [0.15, 0.2) is 11.3 Å². The molecule has 134 valence electrons. The van der Waals surface area contributed by atoms with E-state index < -0.39 is 0 Å². The van der Waals surface area contributed by atoms with Crippen LogP contribution in [-0.4, -0.2) is 62.5 Å². The standard InChI is InChI=1S/C17H30N6O/c1-2-16-21-19-13-23(16)12-9-18-17(20-14-5-3-4-6-14)22-10-7-15(24)8-11-22/h13-15,24H,2-12H2,1H3,(H,18,20). The van der Waals surface area contributed by atoms with Crippen LogP contribution in [0.2, 0.25) is 0 Å². The Bertz CT molecular complexity index is 529. The number of likely N-dealkylation sites (tertiary alicyclic amines) is 1. The molecule has 2 heterocycles.